The number of phosphoric acid groups is 1. The van der Waals surface area contributed by atoms with Crippen molar-refractivity contribution in [3.63, 3.8) is 0 Å². The van der Waals surface area contributed by atoms with Gasteiger partial charge in [-0.2, -0.15) is 0 Å². The second-order valence-electron chi connectivity index (χ2n) is 24.3. The predicted molar refractivity (Wildman–Crippen MR) is 367 cm³/mol. The zero-order chi connectivity index (χ0) is 62.1. The second-order valence-corrected chi connectivity index (χ2v) is 25.7. The van der Waals surface area contributed by atoms with Gasteiger partial charge in [-0.1, -0.05) is 277 Å². The summed E-state index contributed by atoms with van der Waals surface area (Å²) in [5.74, 6) is -0.566. The number of quaternary nitrogens is 1. The highest BCUT2D eigenvalue weighted by Gasteiger charge is 2.27. The molecule has 488 valence electrons. The molecule has 0 radical (unpaired) electrons. The smallest absolute Gasteiger partial charge is 0.306 e. The number of allylic oxidation sites excluding steroid dienone is 19. The van der Waals surface area contributed by atoms with Crippen LogP contribution in [0, 0.1) is 0 Å². The molecule has 0 aromatic carbocycles. The first-order chi connectivity index (χ1) is 41.4. The SMILES string of the molecule is CC/C=C\C/C=C\C/C=C\C/C=C\C/C=C\C/C=C\CCCCCCCCC(=O)NC(COP(=O)([O-])OCC[N+](C)(C)C)C(/C=C/CCCCCCCCCCC)OC(=O)CCCCCCCCCCCC/C=C\C/C=C\C/C=C\CCCCC. The van der Waals surface area contributed by atoms with Crippen molar-refractivity contribution in [2.45, 2.75) is 303 Å². The lowest BCUT2D eigenvalue weighted by atomic mass is 10.0. The van der Waals surface area contributed by atoms with Gasteiger partial charge >= 0.3 is 5.97 Å². The molecule has 0 aliphatic carbocycles. The summed E-state index contributed by atoms with van der Waals surface area (Å²) in [5.41, 5.74) is 0. The van der Waals surface area contributed by atoms with E-state index in [2.05, 4.69) is 135 Å². The van der Waals surface area contributed by atoms with Crippen molar-refractivity contribution in [1.82, 2.24) is 5.32 Å². The van der Waals surface area contributed by atoms with Gasteiger partial charge in [0, 0.05) is 12.8 Å². The molecule has 0 fully saturated rings. The molecule has 0 saturated carbocycles. The van der Waals surface area contributed by atoms with Gasteiger partial charge in [-0.15, -0.1) is 0 Å². The molecular formula is C75H131N2O7P. The fraction of sp³-hybridized carbons (Fsp3) is 0.707. The number of hydrogen-bond donors (Lipinski definition) is 1. The van der Waals surface area contributed by atoms with Crippen LogP contribution in [0.4, 0.5) is 0 Å². The quantitative estimate of drug-likeness (QED) is 0.0212. The minimum absolute atomic E-state index is 0.0321. The molecule has 9 nitrogen and oxygen atoms in total. The first kappa shape index (κ1) is 81.4. The number of likely N-dealkylation sites (N-methyl/N-ethyl adjacent to an activating group) is 1. The van der Waals surface area contributed by atoms with Crippen LogP contribution in [-0.2, 0) is 27.9 Å². The number of esters is 1. The summed E-state index contributed by atoms with van der Waals surface area (Å²) in [6, 6.07) is -0.907. The molecule has 0 saturated heterocycles. The van der Waals surface area contributed by atoms with Crippen molar-refractivity contribution < 1.29 is 37.3 Å². The van der Waals surface area contributed by atoms with Crippen LogP contribution in [0.25, 0.3) is 0 Å². The summed E-state index contributed by atoms with van der Waals surface area (Å²) in [6.45, 7) is 6.69. The van der Waals surface area contributed by atoms with Crippen LogP contribution in [0.2, 0.25) is 0 Å². The Morgan fingerprint density at radius 1 is 0.424 bits per heavy atom. The summed E-state index contributed by atoms with van der Waals surface area (Å²) in [4.78, 5) is 40.2. The standard InChI is InChI=1S/C75H131N2O7P/c1-7-10-13-16-19-22-25-27-29-31-33-35-37-38-40-41-43-45-47-49-52-55-58-61-64-67-74(78)76-72(71-83-85(80,81)82-70-69-77(4,5)6)73(66-63-60-57-54-51-24-21-18-15-12-9-3)84-75(79)68-65-62-59-56-53-50-48-46-44-42-39-36-34-32-30-28-26-23-20-17-14-11-8-2/h10,13,19-20,22-23,27-30,33-36,38,40,43,45,63,66,72-73H,7-9,11-12,14-18,21,24-26,31-32,37,39,41-42,44,46-62,64-65,67-71H2,1-6H3,(H-,76,78,80,81)/b13-10-,22-19-,23-20-,29-27-,30-28-,35-33-,36-34-,40-38-,45-43-,66-63+. The number of carbonyl (C=O) groups is 2. The summed E-state index contributed by atoms with van der Waals surface area (Å²) in [7, 11) is 1.16. The Bertz CT molecular complexity index is 1870. The van der Waals surface area contributed by atoms with Crippen molar-refractivity contribution in [3.8, 4) is 0 Å². The van der Waals surface area contributed by atoms with Gasteiger partial charge in [-0.25, -0.2) is 0 Å². The van der Waals surface area contributed by atoms with E-state index in [0.717, 1.165) is 141 Å². The van der Waals surface area contributed by atoms with E-state index in [-0.39, 0.29) is 24.9 Å². The van der Waals surface area contributed by atoms with E-state index in [1.807, 2.05) is 33.3 Å². The van der Waals surface area contributed by atoms with Gasteiger partial charge in [0.1, 0.15) is 19.3 Å². The molecular weight excluding hydrogens is 1070 g/mol. The van der Waals surface area contributed by atoms with Crippen LogP contribution in [0.1, 0.15) is 290 Å². The molecule has 0 aliphatic heterocycles. The third kappa shape index (κ3) is 64.7. The van der Waals surface area contributed by atoms with Crippen molar-refractivity contribution in [1.29, 1.82) is 0 Å². The van der Waals surface area contributed by atoms with E-state index in [0.29, 0.717) is 23.9 Å². The number of amides is 1. The van der Waals surface area contributed by atoms with Crippen LogP contribution in [-0.4, -0.2) is 69.4 Å². The Morgan fingerprint density at radius 3 is 1.15 bits per heavy atom. The number of nitrogens with one attached hydrogen (secondary N) is 1. The average Bonchev–Trinajstić information content (AvgIpc) is 3.64. The minimum atomic E-state index is -4.72. The molecule has 10 heteroatoms. The van der Waals surface area contributed by atoms with E-state index in [1.54, 1.807) is 0 Å². The minimum Gasteiger partial charge on any atom is -0.756 e. The summed E-state index contributed by atoms with van der Waals surface area (Å²) >= 11 is 0. The van der Waals surface area contributed by atoms with E-state index >= 15 is 0 Å². The maximum absolute atomic E-state index is 13.6. The molecule has 3 atom stereocenters. The maximum atomic E-state index is 13.6. The highest BCUT2D eigenvalue weighted by atomic mass is 31.2. The largest absolute Gasteiger partial charge is 0.756 e. The van der Waals surface area contributed by atoms with Crippen LogP contribution >= 0.6 is 7.82 Å². The molecule has 0 aromatic rings. The van der Waals surface area contributed by atoms with Gasteiger partial charge < -0.3 is 28.5 Å². The van der Waals surface area contributed by atoms with Gasteiger partial charge in [0.2, 0.25) is 5.91 Å². The van der Waals surface area contributed by atoms with Crippen molar-refractivity contribution in [3.05, 3.63) is 122 Å². The highest BCUT2D eigenvalue weighted by Crippen LogP contribution is 2.38. The molecule has 0 spiro atoms. The van der Waals surface area contributed by atoms with Crippen LogP contribution < -0.4 is 10.2 Å². The fourth-order valence-electron chi connectivity index (χ4n) is 9.53. The van der Waals surface area contributed by atoms with Gasteiger partial charge in [-0.05, 0) is 122 Å². The van der Waals surface area contributed by atoms with Gasteiger partial charge in [0.25, 0.3) is 7.82 Å². The second kappa shape index (κ2) is 63.4. The van der Waals surface area contributed by atoms with Gasteiger partial charge in [0.15, 0.2) is 0 Å². The molecule has 0 aliphatic rings. The number of carbonyl (C=O) groups excluding carboxylic acids is 2. The van der Waals surface area contributed by atoms with Crippen LogP contribution in [0.3, 0.4) is 0 Å². The number of rotatable bonds is 62. The van der Waals surface area contributed by atoms with Crippen molar-refractivity contribution in [2.75, 3.05) is 40.9 Å². The Hall–Kier alpha value is -3.59. The lowest BCUT2D eigenvalue weighted by Crippen LogP contribution is -2.47. The zero-order valence-electron chi connectivity index (χ0n) is 55.8. The Labute approximate surface area is 524 Å². The average molecular weight is 1200 g/mol. The normalized spacial score (nSPS) is 14.3. The van der Waals surface area contributed by atoms with Crippen molar-refractivity contribution >= 4 is 19.7 Å². The number of ether oxygens (including phenoxy) is 1. The van der Waals surface area contributed by atoms with Crippen LogP contribution in [0.5, 0.6) is 0 Å². The van der Waals surface area contributed by atoms with E-state index in [4.69, 9.17) is 13.8 Å². The zero-order valence-corrected chi connectivity index (χ0v) is 56.7. The monoisotopic (exact) mass is 1200 g/mol. The predicted octanol–water partition coefficient (Wildman–Crippen LogP) is 21.6. The summed E-state index contributed by atoms with van der Waals surface area (Å²) < 4.78 is 30.4. The first-order valence-corrected chi connectivity index (χ1v) is 36.3. The van der Waals surface area contributed by atoms with Gasteiger partial charge in [0.05, 0.1) is 33.8 Å². The highest BCUT2D eigenvalue weighted by molar-refractivity contribution is 7.45. The van der Waals surface area contributed by atoms with Crippen LogP contribution in [0.15, 0.2) is 122 Å². The number of unbranched alkanes of at least 4 members (excludes halogenated alkanes) is 28. The first-order valence-electron chi connectivity index (χ1n) is 34.8. The molecule has 0 rings (SSSR count). The third-order valence-corrected chi connectivity index (χ3v) is 15.8. The number of phosphoric ester groups is 1. The van der Waals surface area contributed by atoms with E-state index in [1.165, 1.54) is 109 Å². The Morgan fingerprint density at radius 2 is 0.753 bits per heavy atom. The maximum Gasteiger partial charge on any atom is 0.306 e. The third-order valence-electron chi connectivity index (χ3n) is 14.9. The Kier molecular flexibility index (Phi) is 60.8. The number of hydrogen-bond acceptors (Lipinski definition) is 7. The molecule has 0 heterocycles. The number of nitrogens with zero attached hydrogens (tertiary/aromatic N) is 1. The lowest BCUT2D eigenvalue weighted by Gasteiger charge is -2.30. The van der Waals surface area contributed by atoms with Crippen molar-refractivity contribution in [2.24, 2.45) is 0 Å². The summed E-state index contributed by atoms with van der Waals surface area (Å²) in [5, 5.41) is 3.03. The van der Waals surface area contributed by atoms with E-state index in [9.17, 15) is 19.0 Å². The fourth-order valence-corrected chi connectivity index (χ4v) is 10.3. The molecule has 0 bridgehead atoms. The summed E-state index contributed by atoms with van der Waals surface area (Å²) in [6.07, 6.45) is 88.9. The molecule has 1 amide bonds. The molecule has 1 N–H and O–H groups in total. The topological polar surface area (TPSA) is 114 Å². The molecule has 3 unspecified atom stereocenters. The van der Waals surface area contributed by atoms with Gasteiger partial charge in [-0.3, -0.25) is 14.2 Å². The Balaban J connectivity index is 5.12. The molecule has 85 heavy (non-hydrogen) atoms. The van der Waals surface area contributed by atoms with E-state index < -0.39 is 26.6 Å². The lowest BCUT2D eigenvalue weighted by molar-refractivity contribution is -0.870. The molecule has 0 aromatic heterocycles.